The Labute approximate surface area is 104 Å². The quantitative estimate of drug-likeness (QED) is 0.594. The van der Waals surface area contributed by atoms with E-state index in [1.54, 1.807) is 0 Å². The molecule has 0 amide bonds. The number of ether oxygens (including phenoxy) is 1. The molecule has 0 aliphatic rings. The molecular formula is C15H23FO. The van der Waals surface area contributed by atoms with Gasteiger partial charge in [-0.3, -0.25) is 0 Å². The Hall–Kier alpha value is -1.05. The van der Waals surface area contributed by atoms with Crippen molar-refractivity contribution in [3.8, 4) is 5.75 Å². The van der Waals surface area contributed by atoms with Gasteiger partial charge in [-0.15, -0.1) is 0 Å². The van der Waals surface area contributed by atoms with Crippen molar-refractivity contribution >= 4 is 0 Å². The third-order valence-electron chi connectivity index (χ3n) is 2.84. The third-order valence-corrected chi connectivity index (χ3v) is 2.84. The normalized spacial score (nSPS) is 10.5. The van der Waals surface area contributed by atoms with Gasteiger partial charge in [0.1, 0.15) is 11.6 Å². The van der Waals surface area contributed by atoms with Crippen LogP contribution in [0.4, 0.5) is 4.39 Å². The number of rotatable bonds is 8. The number of benzene rings is 1. The largest absolute Gasteiger partial charge is 0.493 e. The summed E-state index contributed by atoms with van der Waals surface area (Å²) >= 11 is 0. The van der Waals surface area contributed by atoms with Gasteiger partial charge in [-0.25, -0.2) is 4.39 Å². The first-order valence-corrected chi connectivity index (χ1v) is 6.69. The number of hydrogen-bond acceptors (Lipinski definition) is 1. The van der Waals surface area contributed by atoms with Crippen LogP contribution in [0.15, 0.2) is 18.2 Å². The van der Waals surface area contributed by atoms with E-state index in [1.165, 1.54) is 12.5 Å². The lowest BCUT2D eigenvalue weighted by atomic mass is 10.1. The number of unbranched alkanes of at least 4 members (excludes halogenated alkanes) is 3. The van der Waals surface area contributed by atoms with E-state index in [9.17, 15) is 4.39 Å². The molecule has 0 saturated carbocycles. The van der Waals surface area contributed by atoms with E-state index in [2.05, 4.69) is 13.8 Å². The summed E-state index contributed by atoms with van der Waals surface area (Å²) in [4.78, 5) is 0. The average Bonchev–Trinajstić information content (AvgIpc) is 2.32. The van der Waals surface area contributed by atoms with E-state index < -0.39 is 0 Å². The van der Waals surface area contributed by atoms with Crippen LogP contribution in [0.2, 0.25) is 0 Å². The molecule has 0 heterocycles. The van der Waals surface area contributed by atoms with Crippen molar-refractivity contribution in [1.29, 1.82) is 0 Å². The lowest BCUT2D eigenvalue weighted by Crippen LogP contribution is -1.98. The molecule has 0 unspecified atom stereocenters. The summed E-state index contributed by atoms with van der Waals surface area (Å²) in [6.07, 6.45) is 6.32. The third kappa shape index (κ3) is 5.20. The Kier molecular flexibility index (Phi) is 6.68. The minimum atomic E-state index is -0.130. The van der Waals surface area contributed by atoms with Crippen LogP contribution in [-0.2, 0) is 6.42 Å². The van der Waals surface area contributed by atoms with Gasteiger partial charge < -0.3 is 4.74 Å². The summed E-state index contributed by atoms with van der Waals surface area (Å²) in [5, 5.41) is 0. The molecule has 0 fully saturated rings. The van der Waals surface area contributed by atoms with Gasteiger partial charge in [0.25, 0.3) is 0 Å². The summed E-state index contributed by atoms with van der Waals surface area (Å²) in [6, 6.07) is 5.24. The van der Waals surface area contributed by atoms with Gasteiger partial charge in [0.2, 0.25) is 0 Å². The van der Waals surface area contributed by atoms with Gasteiger partial charge in [-0.1, -0.05) is 39.2 Å². The van der Waals surface area contributed by atoms with E-state index in [-0.39, 0.29) is 5.82 Å². The molecule has 0 radical (unpaired) electrons. The zero-order valence-electron chi connectivity index (χ0n) is 11.0. The van der Waals surface area contributed by atoms with Gasteiger partial charge in [0.15, 0.2) is 0 Å². The Morgan fingerprint density at radius 2 is 1.82 bits per heavy atom. The fourth-order valence-corrected chi connectivity index (χ4v) is 1.72. The molecule has 2 heteroatoms. The molecular weight excluding hydrogens is 215 g/mol. The van der Waals surface area contributed by atoms with Crippen LogP contribution in [0.3, 0.4) is 0 Å². The highest BCUT2D eigenvalue weighted by Gasteiger charge is 2.04. The van der Waals surface area contributed by atoms with Crippen LogP contribution < -0.4 is 4.74 Å². The van der Waals surface area contributed by atoms with Crippen molar-refractivity contribution in [1.82, 2.24) is 0 Å². The van der Waals surface area contributed by atoms with E-state index in [0.29, 0.717) is 12.4 Å². The highest BCUT2D eigenvalue weighted by Crippen LogP contribution is 2.18. The first-order valence-electron chi connectivity index (χ1n) is 6.69. The van der Waals surface area contributed by atoms with Crippen molar-refractivity contribution < 1.29 is 9.13 Å². The molecule has 0 aromatic heterocycles. The molecule has 0 aliphatic heterocycles. The van der Waals surface area contributed by atoms with Gasteiger partial charge in [0.05, 0.1) is 6.61 Å². The fourth-order valence-electron chi connectivity index (χ4n) is 1.72. The molecule has 96 valence electrons. The lowest BCUT2D eigenvalue weighted by Gasteiger charge is -2.08. The Morgan fingerprint density at radius 3 is 2.47 bits per heavy atom. The van der Waals surface area contributed by atoms with E-state index >= 15 is 0 Å². The Balaban J connectivity index is 2.47. The van der Waals surface area contributed by atoms with Gasteiger partial charge >= 0.3 is 0 Å². The maximum Gasteiger partial charge on any atom is 0.130 e. The minimum Gasteiger partial charge on any atom is -0.493 e. The molecule has 1 aromatic rings. The predicted molar refractivity (Wildman–Crippen MR) is 70.0 cm³/mol. The number of hydrogen-bond donors (Lipinski definition) is 0. The monoisotopic (exact) mass is 238 g/mol. The van der Waals surface area contributed by atoms with Crippen LogP contribution in [0.5, 0.6) is 5.75 Å². The smallest absolute Gasteiger partial charge is 0.130 e. The van der Waals surface area contributed by atoms with Crippen molar-refractivity contribution in [3.05, 3.63) is 29.6 Å². The van der Waals surface area contributed by atoms with Crippen LogP contribution in [-0.4, -0.2) is 6.61 Å². The maximum atomic E-state index is 13.7. The zero-order valence-corrected chi connectivity index (χ0v) is 11.0. The summed E-state index contributed by atoms with van der Waals surface area (Å²) in [6.45, 7) is 4.94. The summed E-state index contributed by atoms with van der Waals surface area (Å²) in [5.74, 6) is 0.519. The molecule has 0 atom stereocenters. The maximum absolute atomic E-state index is 13.7. The van der Waals surface area contributed by atoms with E-state index in [1.807, 2.05) is 12.1 Å². The van der Waals surface area contributed by atoms with Gasteiger partial charge in [-0.05, 0) is 30.9 Å². The molecule has 17 heavy (non-hydrogen) atoms. The number of halogens is 1. The topological polar surface area (TPSA) is 9.23 Å². The Morgan fingerprint density at radius 1 is 1.06 bits per heavy atom. The first-order chi connectivity index (χ1) is 8.27. The van der Waals surface area contributed by atoms with Crippen LogP contribution in [0.25, 0.3) is 0 Å². The van der Waals surface area contributed by atoms with Crippen molar-refractivity contribution in [2.24, 2.45) is 0 Å². The predicted octanol–water partition coefficient (Wildman–Crippen LogP) is 4.74. The highest BCUT2D eigenvalue weighted by atomic mass is 19.1. The van der Waals surface area contributed by atoms with Crippen LogP contribution in [0.1, 0.15) is 51.5 Å². The van der Waals surface area contributed by atoms with Crippen molar-refractivity contribution in [3.63, 3.8) is 0 Å². The summed E-state index contributed by atoms with van der Waals surface area (Å²) in [7, 11) is 0. The lowest BCUT2D eigenvalue weighted by molar-refractivity contribution is 0.307. The molecule has 1 rings (SSSR count). The zero-order chi connectivity index (χ0) is 12.5. The number of aryl methyl sites for hydroxylation is 1. The van der Waals surface area contributed by atoms with Gasteiger partial charge in [-0.2, -0.15) is 0 Å². The van der Waals surface area contributed by atoms with Crippen LogP contribution in [0, 0.1) is 5.82 Å². The molecule has 0 bridgehead atoms. The summed E-state index contributed by atoms with van der Waals surface area (Å²) in [5.41, 5.74) is 0.807. The van der Waals surface area contributed by atoms with E-state index in [4.69, 9.17) is 4.74 Å². The highest BCUT2D eigenvalue weighted by molar-refractivity contribution is 5.29. The molecule has 0 spiro atoms. The second-order valence-electron chi connectivity index (χ2n) is 4.41. The molecule has 0 aliphatic carbocycles. The van der Waals surface area contributed by atoms with Crippen molar-refractivity contribution in [2.45, 2.75) is 52.4 Å². The van der Waals surface area contributed by atoms with Gasteiger partial charge in [0, 0.05) is 6.07 Å². The average molecular weight is 238 g/mol. The molecule has 0 saturated heterocycles. The second-order valence-corrected chi connectivity index (χ2v) is 4.41. The molecule has 0 N–H and O–H groups in total. The summed E-state index contributed by atoms with van der Waals surface area (Å²) < 4.78 is 19.2. The van der Waals surface area contributed by atoms with Crippen LogP contribution >= 0.6 is 0 Å². The minimum absolute atomic E-state index is 0.130. The molecule has 1 nitrogen and oxygen atoms in total. The SMILES string of the molecule is CCCCCc1ccc(OCCCC)cc1F. The fraction of sp³-hybridized carbons (Fsp3) is 0.600. The second kappa shape index (κ2) is 8.10. The molecule has 1 aromatic carbocycles. The van der Waals surface area contributed by atoms with Crippen molar-refractivity contribution in [2.75, 3.05) is 6.61 Å². The van der Waals surface area contributed by atoms with E-state index in [0.717, 1.165) is 37.7 Å². The first kappa shape index (κ1) is 14.0. The standard InChI is InChI=1S/C15H23FO/c1-3-5-7-8-13-9-10-14(12-15(13)16)17-11-6-4-2/h9-10,12H,3-8,11H2,1-2H3. The Bertz CT molecular complexity index is 323.